The molecule has 1 unspecified atom stereocenters. The molecule has 2 aliphatic heterocycles. The average molecular weight is 680 g/mol. The van der Waals surface area contributed by atoms with Gasteiger partial charge in [0.2, 0.25) is 0 Å². The molecule has 4 N–H and O–H groups in total. The zero-order chi connectivity index (χ0) is 33.4. The molecule has 7 rings (SSSR count). The number of fused-ring (bicyclic) bond motifs is 1. The molecule has 0 saturated carbocycles. The van der Waals surface area contributed by atoms with Gasteiger partial charge in [0.05, 0.1) is 17.3 Å². The van der Waals surface area contributed by atoms with Crippen LogP contribution in [0.25, 0.3) is 10.8 Å². The average Bonchev–Trinajstić information content (AvgIpc) is 3.66. The Labute approximate surface area is 263 Å². The highest BCUT2D eigenvalue weighted by Gasteiger charge is 2.41. The monoisotopic (exact) mass is 679 g/mol. The zero-order valence-corrected chi connectivity index (χ0v) is 24.1. The highest BCUT2D eigenvalue weighted by molar-refractivity contribution is 6.31. The number of aromatic nitrogens is 3. The summed E-state index contributed by atoms with van der Waals surface area (Å²) in [6.07, 6.45) is -8.29. The Morgan fingerprint density at radius 2 is 1.68 bits per heavy atom. The molecule has 242 valence electrons. The van der Waals surface area contributed by atoms with Gasteiger partial charge in [0.15, 0.2) is 5.82 Å². The second-order valence-corrected chi connectivity index (χ2v) is 11.2. The maximum atomic E-state index is 14.6. The number of nitrogens with one attached hydrogen (secondary N) is 4. The number of anilines is 5. The van der Waals surface area contributed by atoms with Gasteiger partial charge in [-0.1, -0.05) is 11.6 Å². The van der Waals surface area contributed by atoms with E-state index in [0.29, 0.717) is 22.9 Å². The van der Waals surface area contributed by atoms with Gasteiger partial charge in [-0.05, 0) is 54.3 Å². The zero-order valence-electron chi connectivity index (χ0n) is 23.3. The summed E-state index contributed by atoms with van der Waals surface area (Å²) in [5.41, 5.74) is -0.820. The standard InChI is InChI=1S/C30H18ClF8N7O/c31-19-2-1-12(32)7-17(19)25-24-21(42-27-16-8-13(33)9-18(29(34,35)36)14(16)3-5-40-27)10-20(15-4-6-46(26(15)24)28(47)43-25)41-23-11-22(44-45-23)30(37,38)39/h1-3,5,7-11,25H,4,6H2,(H,40,42)(H,43,47)(H2,41,44,45). The van der Waals surface area contributed by atoms with Gasteiger partial charge in [-0.3, -0.25) is 10.00 Å². The topological polar surface area (TPSA) is 98.0 Å². The number of amides is 2. The van der Waals surface area contributed by atoms with Crippen LogP contribution in [-0.2, 0) is 18.8 Å². The number of nitrogens with zero attached hydrogens (tertiary/aromatic N) is 3. The van der Waals surface area contributed by atoms with Gasteiger partial charge in [0.1, 0.15) is 23.1 Å². The SMILES string of the molecule is O=C1NC(c2cc(F)ccc2Cl)c2c(Nc3nccc4c(C(F)(F)F)cc(F)cc34)cc(Nc3cc(C(F)(F)F)[nH]n3)c3c2N1CC3. The van der Waals surface area contributed by atoms with Gasteiger partial charge >= 0.3 is 18.4 Å². The molecule has 5 aromatic rings. The van der Waals surface area contributed by atoms with E-state index in [1.807, 2.05) is 5.10 Å². The van der Waals surface area contributed by atoms with E-state index in [9.17, 15) is 39.9 Å². The van der Waals surface area contributed by atoms with Crippen molar-refractivity contribution in [2.24, 2.45) is 0 Å². The first-order valence-corrected chi connectivity index (χ1v) is 14.1. The van der Waals surface area contributed by atoms with Crippen molar-refractivity contribution in [1.29, 1.82) is 0 Å². The summed E-state index contributed by atoms with van der Waals surface area (Å²) in [7, 11) is 0. The lowest BCUT2D eigenvalue weighted by Crippen LogP contribution is -2.46. The van der Waals surface area contributed by atoms with Gasteiger partial charge in [0.25, 0.3) is 0 Å². The van der Waals surface area contributed by atoms with Crippen LogP contribution in [-0.4, -0.2) is 27.8 Å². The third-order valence-electron chi connectivity index (χ3n) is 7.92. The molecule has 0 spiro atoms. The number of benzene rings is 3. The van der Waals surface area contributed by atoms with Crippen LogP contribution < -0.4 is 20.9 Å². The van der Waals surface area contributed by atoms with Crippen molar-refractivity contribution >= 4 is 57.1 Å². The number of carbonyl (C=O) groups is 1. The van der Waals surface area contributed by atoms with E-state index in [1.54, 1.807) is 0 Å². The van der Waals surface area contributed by atoms with E-state index < -0.39 is 47.3 Å². The molecule has 0 bridgehead atoms. The molecule has 0 saturated heterocycles. The van der Waals surface area contributed by atoms with Gasteiger partial charge in [-0.25, -0.2) is 18.6 Å². The fourth-order valence-corrected chi connectivity index (χ4v) is 6.18. The number of alkyl halides is 6. The summed E-state index contributed by atoms with van der Waals surface area (Å²) in [4.78, 5) is 18.9. The Morgan fingerprint density at radius 3 is 2.40 bits per heavy atom. The molecule has 3 aromatic carbocycles. The summed E-state index contributed by atoms with van der Waals surface area (Å²) < 4.78 is 111. The molecule has 0 radical (unpaired) electrons. The first-order chi connectivity index (χ1) is 22.2. The number of H-pyrrole nitrogens is 1. The molecule has 4 heterocycles. The maximum Gasteiger partial charge on any atom is 0.432 e. The van der Waals surface area contributed by atoms with Crippen molar-refractivity contribution in [2.75, 3.05) is 22.1 Å². The van der Waals surface area contributed by atoms with Crippen LogP contribution in [0, 0.1) is 11.6 Å². The molecule has 2 amide bonds. The third-order valence-corrected chi connectivity index (χ3v) is 8.26. The van der Waals surface area contributed by atoms with E-state index in [0.717, 1.165) is 36.5 Å². The first-order valence-electron chi connectivity index (χ1n) is 13.7. The molecule has 0 fully saturated rings. The molecule has 1 atom stereocenters. The third kappa shape index (κ3) is 5.31. The van der Waals surface area contributed by atoms with Gasteiger partial charge in [-0.2, -0.15) is 31.4 Å². The van der Waals surface area contributed by atoms with Gasteiger partial charge in [0, 0.05) is 57.3 Å². The molecule has 2 aliphatic rings. The van der Waals surface area contributed by atoms with Gasteiger partial charge in [-0.15, -0.1) is 0 Å². The number of hydrogen-bond acceptors (Lipinski definition) is 5. The number of pyridine rings is 1. The summed E-state index contributed by atoms with van der Waals surface area (Å²) in [5.74, 6) is -2.28. The van der Waals surface area contributed by atoms with E-state index >= 15 is 0 Å². The summed E-state index contributed by atoms with van der Waals surface area (Å²) in [6, 6.07) is 6.33. The Balaban J connectivity index is 1.46. The lowest BCUT2D eigenvalue weighted by atomic mass is 9.90. The van der Waals surface area contributed by atoms with Crippen molar-refractivity contribution in [3.63, 3.8) is 0 Å². The minimum absolute atomic E-state index is 0.0847. The summed E-state index contributed by atoms with van der Waals surface area (Å²) in [5, 5.41) is 13.6. The Hall–Kier alpha value is -5.12. The predicted molar refractivity (Wildman–Crippen MR) is 156 cm³/mol. The Bertz CT molecular complexity index is 2100. The largest absolute Gasteiger partial charge is 0.432 e. The quantitative estimate of drug-likeness (QED) is 0.140. The van der Waals surface area contributed by atoms with Crippen molar-refractivity contribution in [2.45, 2.75) is 24.8 Å². The van der Waals surface area contributed by atoms with E-state index in [2.05, 4.69) is 26.0 Å². The van der Waals surface area contributed by atoms with Crippen LogP contribution in [0.3, 0.4) is 0 Å². The molecule has 47 heavy (non-hydrogen) atoms. The van der Waals surface area contributed by atoms with Gasteiger partial charge < -0.3 is 16.0 Å². The van der Waals surface area contributed by atoms with Crippen LogP contribution in [0.5, 0.6) is 0 Å². The normalized spacial score (nSPS) is 16.0. The Kier molecular flexibility index (Phi) is 6.96. The number of carbonyl (C=O) groups excluding carboxylic acids is 1. The number of hydrogen-bond donors (Lipinski definition) is 4. The minimum Gasteiger partial charge on any atom is -0.339 e. The smallest absolute Gasteiger partial charge is 0.339 e. The van der Waals surface area contributed by atoms with Crippen LogP contribution in [0.2, 0.25) is 5.02 Å². The second kappa shape index (κ2) is 10.7. The fraction of sp³-hybridized carbons (Fsp3) is 0.167. The predicted octanol–water partition coefficient (Wildman–Crippen LogP) is 8.59. The molecule has 17 heteroatoms. The molecule has 8 nitrogen and oxygen atoms in total. The summed E-state index contributed by atoms with van der Waals surface area (Å²) in [6.45, 7) is 0.150. The maximum absolute atomic E-state index is 14.6. The number of halogens is 9. The van der Waals surface area contributed by atoms with Crippen molar-refractivity contribution < 1.29 is 39.9 Å². The van der Waals surface area contributed by atoms with Crippen LogP contribution in [0.15, 0.2) is 54.7 Å². The Morgan fingerprint density at radius 1 is 0.894 bits per heavy atom. The van der Waals surface area contributed by atoms with Crippen molar-refractivity contribution in [1.82, 2.24) is 20.5 Å². The first kappa shape index (κ1) is 30.5. The minimum atomic E-state index is -4.90. The molecule has 2 aromatic heterocycles. The van der Waals surface area contributed by atoms with Crippen molar-refractivity contribution in [3.05, 3.63) is 99.3 Å². The highest BCUT2D eigenvalue weighted by Crippen LogP contribution is 2.50. The van der Waals surface area contributed by atoms with Crippen LogP contribution in [0.4, 0.5) is 68.6 Å². The number of rotatable bonds is 5. The van der Waals surface area contributed by atoms with Crippen LogP contribution >= 0.6 is 11.6 Å². The highest BCUT2D eigenvalue weighted by atomic mass is 35.5. The van der Waals surface area contributed by atoms with Crippen molar-refractivity contribution in [3.8, 4) is 0 Å². The molecule has 0 aliphatic carbocycles. The lowest BCUT2D eigenvalue weighted by molar-refractivity contribution is -0.141. The summed E-state index contributed by atoms with van der Waals surface area (Å²) >= 11 is 6.45. The van der Waals surface area contributed by atoms with E-state index in [1.165, 1.54) is 17.0 Å². The number of aromatic amines is 1. The lowest BCUT2D eigenvalue weighted by Gasteiger charge is -2.35. The fourth-order valence-electron chi connectivity index (χ4n) is 5.96. The molecular weight excluding hydrogens is 662 g/mol. The second-order valence-electron chi connectivity index (χ2n) is 10.8. The van der Waals surface area contributed by atoms with E-state index in [4.69, 9.17) is 11.6 Å². The molecular formula is C30H18ClF8N7O. The number of urea groups is 1. The van der Waals surface area contributed by atoms with E-state index in [-0.39, 0.29) is 57.3 Å². The van der Waals surface area contributed by atoms with Crippen LogP contribution in [0.1, 0.15) is 34.0 Å².